The molecule has 0 amide bonds. The van der Waals surface area contributed by atoms with Crippen LogP contribution in [0.2, 0.25) is 5.02 Å². The number of rotatable bonds is 5. The van der Waals surface area contributed by atoms with Crippen molar-refractivity contribution in [1.82, 2.24) is 10.3 Å². The summed E-state index contributed by atoms with van der Waals surface area (Å²) >= 11 is 7.32. The Hall–Kier alpha value is -1.15. The van der Waals surface area contributed by atoms with Crippen LogP contribution >= 0.6 is 22.9 Å². The molecule has 0 saturated carbocycles. The van der Waals surface area contributed by atoms with Gasteiger partial charge < -0.3 is 5.32 Å². The van der Waals surface area contributed by atoms with Crippen molar-refractivity contribution in [3.8, 4) is 0 Å². The monoisotopic (exact) mass is 331 g/mol. The molecule has 5 nitrogen and oxygen atoms in total. The second-order valence-corrected chi connectivity index (χ2v) is 7.13. The van der Waals surface area contributed by atoms with E-state index in [1.807, 2.05) is 0 Å². The van der Waals surface area contributed by atoms with Crippen LogP contribution in [0.1, 0.15) is 11.3 Å². The molecule has 1 heterocycles. The summed E-state index contributed by atoms with van der Waals surface area (Å²) in [6, 6.07) is 4.67. The normalized spacial score (nSPS) is 11.6. The highest BCUT2D eigenvalue weighted by molar-refractivity contribution is 7.93. The fraction of sp³-hybridized carbons (Fsp3) is 0.250. The van der Waals surface area contributed by atoms with Crippen LogP contribution < -0.4 is 10.0 Å². The highest BCUT2D eigenvalue weighted by Gasteiger charge is 2.17. The van der Waals surface area contributed by atoms with E-state index < -0.39 is 10.0 Å². The van der Waals surface area contributed by atoms with Gasteiger partial charge in [-0.1, -0.05) is 17.7 Å². The summed E-state index contributed by atoms with van der Waals surface area (Å²) in [5.41, 5.74) is 1.62. The maximum absolute atomic E-state index is 12.2. The van der Waals surface area contributed by atoms with Crippen LogP contribution in [0.5, 0.6) is 0 Å². The molecule has 0 fully saturated rings. The molecule has 0 spiro atoms. The van der Waals surface area contributed by atoms with Crippen molar-refractivity contribution < 1.29 is 8.42 Å². The number of sulfonamides is 1. The summed E-state index contributed by atoms with van der Waals surface area (Å²) in [6.07, 6.45) is 0. The number of thiazole rings is 1. The molecule has 0 bridgehead atoms. The molecule has 2 rings (SSSR count). The number of aromatic nitrogens is 1. The molecule has 0 aliphatic heterocycles. The van der Waals surface area contributed by atoms with Crippen molar-refractivity contribution in [2.24, 2.45) is 0 Å². The van der Waals surface area contributed by atoms with Crippen LogP contribution in [-0.4, -0.2) is 20.4 Å². The van der Waals surface area contributed by atoms with E-state index in [4.69, 9.17) is 11.6 Å². The maximum Gasteiger partial charge on any atom is 0.263 e. The highest BCUT2D eigenvalue weighted by atomic mass is 35.5. The molecular formula is C12H14ClN3O2S2. The lowest BCUT2D eigenvalue weighted by atomic mass is 10.2. The fourth-order valence-electron chi connectivity index (χ4n) is 1.60. The summed E-state index contributed by atoms with van der Waals surface area (Å²) in [5, 5.41) is 5.51. The van der Waals surface area contributed by atoms with Crippen molar-refractivity contribution in [1.29, 1.82) is 0 Å². The van der Waals surface area contributed by atoms with Crippen molar-refractivity contribution in [3.05, 3.63) is 39.9 Å². The standard InChI is InChI=1S/C12H14ClN3O2S2/c1-8-7-19-12(15-8)16-20(17,18)10-4-3-9(6-14-2)11(13)5-10/h3-5,7,14H,6H2,1-2H3,(H,15,16). The summed E-state index contributed by atoms with van der Waals surface area (Å²) in [6.45, 7) is 2.38. The van der Waals surface area contributed by atoms with Gasteiger partial charge in [-0.2, -0.15) is 0 Å². The first-order valence-electron chi connectivity index (χ1n) is 5.80. The minimum absolute atomic E-state index is 0.121. The predicted octanol–water partition coefficient (Wildman–Crippen LogP) is 2.63. The summed E-state index contributed by atoms with van der Waals surface area (Å²) < 4.78 is 26.9. The van der Waals surface area contributed by atoms with E-state index in [1.54, 1.807) is 25.4 Å². The number of anilines is 1. The largest absolute Gasteiger partial charge is 0.316 e. The number of nitrogens with zero attached hydrogens (tertiary/aromatic N) is 1. The zero-order chi connectivity index (χ0) is 14.8. The maximum atomic E-state index is 12.2. The van der Waals surface area contributed by atoms with Gasteiger partial charge >= 0.3 is 0 Å². The van der Waals surface area contributed by atoms with Gasteiger partial charge in [-0.3, -0.25) is 4.72 Å². The number of halogens is 1. The van der Waals surface area contributed by atoms with Crippen LogP contribution in [0.15, 0.2) is 28.5 Å². The molecular weight excluding hydrogens is 318 g/mol. The molecule has 1 aromatic heterocycles. The average Bonchev–Trinajstić information content (AvgIpc) is 2.76. The van der Waals surface area contributed by atoms with Gasteiger partial charge in [0.15, 0.2) is 5.13 Å². The first kappa shape index (κ1) is 15.2. The first-order chi connectivity index (χ1) is 9.42. The molecule has 0 atom stereocenters. The molecule has 8 heteroatoms. The average molecular weight is 332 g/mol. The van der Waals surface area contributed by atoms with Crippen LogP contribution in [0.3, 0.4) is 0 Å². The van der Waals surface area contributed by atoms with Crippen LogP contribution in [0, 0.1) is 6.92 Å². The Morgan fingerprint density at radius 1 is 1.40 bits per heavy atom. The molecule has 0 aliphatic rings. The van der Waals surface area contributed by atoms with Crippen molar-refractivity contribution in [2.45, 2.75) is 18.4 Å². The Morgan fingerprint density at radius 2 is 2.15 bits per heavy atom. The Balaban J connectivity index is 2.27. The molecule has 0 unspecified atom stereocenters. The van der Waals surface area contributed by atoms with Gasteiger partial charge in [0, 0.05) is 16.9 Å². The van der Waals surface area contributed by atoms with Gasteiger partial charge in [0.1, 0.15) is 0 Å². The lowest BCUT2D eigenvalue weighted by molar-refractivity contribution is 0.601. The second kappa shape index (κ2) is 6.09. The van der Waals surface area contributed by atoms with Crippen molar-refractivity contribution in [3.63, 3.8) is 0 Å². The van der Waals surface area contributed by atoms with Gasteiger partial charge in [-0.15, -0.1) is 11.3 Å². The predicted molar refractivity (Wildman–Crippen MR) is 81.9 cm³/mol. The molecule has 2 N–H and O–H groups in total. The SMILES string of the molecule is CNCc1ccc(S(=O)(=O)Nc2nc(C)cs2)cc1Cl. The molecule has 0 saturated heterocycles. The van der Waals surface area contributed by atoms with Gasteiger partial charge in [0.25, 0.3) is 10.0 Å². The van der Waals surface area contributed by atoms with Crippen LogP contribution in [0.4, 0.5) is 5.13 Å². The Morgan fingerprint density at radius 3 is 2.70 bits per heavy atom. The molecule has 108 valence electrons. The number of nitrogens with one attached hydrogen (secondary N) is 2. The smallest absolute Gasteiger partial charge is 0.263 e. The molecule has 1 aromatic carbocycles. The van der Waals surface area contributed by atoms with E-state index in [0.717, 1.165) is 11.3 Å². The Kier molecular flexibility index (Phi) is 4.64. The van der Waals surface area contributed by atoms with Gasteiger partial charge in [-0.05, 0) is 31.7 Å². The summed E-state index contributed by atoms with van der Waals surface area (Å²) in [7, 11) is -1.86. The van der Waals surface area contributed by atoms with E-state index in [1.165, 1.54) is 23.5 Å². The highest BCUT2D eigenvalue weighted by Crippen LogP contribution is 2.24. The molecule has 2 aromatic rings. The number of hydrogen-bond acceptors (Lipinski definition) is 5. The van der Waals surface area contributed by atoms with E-state index in [0.29, 0.717) is 16.7 Å². The van der Waals surface area contributed by atoms with Gasteiger partial charge in [0.2, 0.25) is 0 Å². The molecule has 0 radical (unpaired) electrons. The molecule has 20 heavy (non-hydrogen) atoms. The minimum atomic E-state index is -3.66. The minimum Gasteiger partial charge on any atom is -0.316 e. The zero-order valence-electron chi connectivity index (χ0n) is 11.0. The van der Waals surface area contributed by atoms with Crippen molar-refractivity contribution in [2.75, 3.05) is 11.8 Å². The third-order valence-electron chi connectivity index (χ3n) is 2.54. The number of benzene rings is 1. The van der Waals surface area contributed by atoms with E-state index in [9.17, 15) is 8.42 Å². The zero-order valence-corrected chi connectivity index (χ0v) is 13.4. The second-order valence-electron chi connectivity index (χ2n) is 4.18. The summed E-state index contributed by atoms with van der Waals surface area (Å²) in [5.74, 6) is 0. The lowest BCUT2D eigenvalue weighted by Crippen LogP contribution is -2.13. The first-order valence-corrected chi connectivity index (χ1v) is 8.54. The third-order valence-corrected chi connectivity index (χ3v) is 5.24. The Labute approximate surface area is 127 Å². The topological polar surface area (TPSA) is 71.1 Å². The van der Waals surface area contributed by atoms with E-state index in [2.05, 4.69) is 15.0 Å². The quantitative estimate of drug-likeness (QED) is 0.883. The number of aryl methyl sites for hydroxylation is 1. The van der Waals surface area contributed by atoms with Crippen molar-refractivity contribution >= 4 is 38.1 Å². The molecule has 0 aliphatic carbocycles. The van der Waals surface area contributed by atoms with E-state index >= 15 is 0 Å². The van der Waals surface area contributed by atoms with Gasteiger partial charge in [-0.25, -0.2) is 13.4 Å². The van der Waals surface area contributed by atoms with Crippen LogP contribution in [0.25, 0.3) is 0 Å². The third kappa shape index (κ3) is 3.49. The number of hydrogen-bond donors (Lipinski definition) is 2. The van der Waals surface area contributed by atoms with Gasteiger partial charge in [0.05, 0.1) is 10.6 Å². The van der Waals surface area contributed by atoms with Crippen LogP contribution in [-0.2, 0) is 16.6 Å². The summed E-state index contributed by atoms with van der Waals surface area (Å²) in [4.78, 5) is 4.20. The van der Waals surface area contributed by atoms with E-state index in [-0.39, 0.29) is 4.90 Å². The lowest BCUT2D eigenvalue weighted by Gasteiger charge is -2.08. The Bertz CT molecular complexity index is 713. The fourth-order valence-corrected chi connectivity index (χ4v) is 3.88.